The van der Waals surface area contributed by atoms with E-state index < -0.39 is 9.84 Å². The van der Waals surface area contributed by atoms with Crippen LogP contribution in [0.25, 0.3) is 10.8 Å². The number of nitrogens with one attached hydrogen (secondary N) is 2. The molecule has 1 aliphatic heterocycles. The molecule has 144 valence electrons. The van der Waals surface area contributed by atoms with E-state index in [9.17, 15) is 13.2 Å². The molecule has 4 rings (SSSR count). The van der Waals surface area contributed by atoms with Gasteiger partial charge in [-0.05, 0) is 28.3 Å². The Bertz CT molecular complexity index is 1090. The number of hydrogen-bond donors (Lipinski definition) is 2. The van der Waals surface area contributed by atoms with E-state index >= 15 is 0 Å². The molecule has 0 radical (unpaired) electrons. The highest BCUT2D eigenvalue weighted by Crippen LogP contribution is 2.29. The van der Waals surface area contributed by atoms with Crippen molar-refractivity contribution >= 4 is 26.6 Å². The predicted octanol–water partition coefficient (Wildman–Crippen LogP) is 3.42. The summed E-state index contributed by atoms with van der Waals surface area (Å²) in [6, 6.07) is 22.8. The zero-order chi connectivity index (χ0) is 19.6. The maximum absolute atomic E-state index is 12.7. The van der Waals surface area contributed by atoms with Gasteiger partial charge in [-0.25, -0.2) is 13.2 Å². The first-order valence-corrected chi connectivity index (χ1v) is 11.1. The van der Waals surface area contributed by atoms with E-state index in [-0.39, 0.29) is 29.6 Å². The lowest BCUT2D eigenvalue weighted by molar-refractivity contribution is 0.236. The third-order valence-corrected chi connectivity index (χ3v) is 6.88. The summed E-state index contributed by atoms with van der Waals surface area (Å²) in [4.78, 5) is 12.7. The first-order valence-electron chi connectivity index (χ1n) is 9.32. The number of rotatable bonds is 4. The zero-order valence-electron chi connectivity index (χ0n) is 15.3. The molecule has 0 aromatic heterocycles. The van der Waals surface area contributed by atoms with Crippen molar-refractivity contribution in [2.75, 3.05) is 11.5 Å². The van der Waals surface area contributed by atoms with Gasteiger partial charge in [-0.1, -0.05) is 72.8 Å². The number of carbonyl (C=O) groups excluding carboxylic acids is 1. The second-order valence-corrected chi connectivity index (χ2v) is 9.36. The van der Waals surface area contributed by atoms with Crippen LogP contribution in [0.2, 0.25) is 0 Å². The lowest BCUT2D eigenvalue weighted by Gasteiger charge is -2.23. The van der Waals surface area contributed by atoms with E-state index in [0.717, 1.165) is 21.9 Å². The fraction of sp³-hybridized carbons (Fsp3) is 0.227. The fourth-order valence-electron chi connectivity index (χ4n) is 3.76. The molecule has 1 saturated heterocycles. The normalized spacial score (nSPS) is 19.2. The van der Waals surface area contributed by atoms with Crippen LogP contribution in [0.4, 0.5) is 4.79 Å². The van der Waals surface area contributed by atoms with Gasteiger partial charge in [-0.3, -0.25) is 0 Å². The van der Waals surface area contributed by atoms with Crippen molar-refractivity contribution in [1.29, 1.82) is 0 Å². The molecule has 1 heterocycles. The van der Waals surface area contributed by atoms with Crippen LogP contribution in [0.1, 0.15) is 23.6 Å². The minimum Gasteiger partial charge on any atom is -0.334 e. The standard InChI is InChI=1S/C22H22N2O3S/c25-22(23-18-13-14-28(26,27)15-18)24-21(17-8-2-1-3-9-17)20-12-6-10-16-7-4-5-11-19(16)20/h1-12,18,21H,13-15H2,(H2,23,24,25)/t18-,21-/m1/s1. The third kappa shape index (κ3) is 4.02. The Morgan fingerprint density at radius 1 is 0.929 bits per heavy atom. The van der Waals surface area contributed by atoms with Crippen molar-refractivity contribution in [3.63, 3.8) is 0 Å². The maximum Gasteiger partial charge on any atom is 0.315 e. The van der Waals surface area contributed by atoms with Gasteiger partial charge >= 0.3 is 6.03 Å². The van der Waals surface area contributed by atoms with Crippen LogP contribution < -0.4 is 10.6 Å². The maximum atomic E-state index is 12.7. The average molecular weight is 394 g/mol. The Balaban J connectivity index is 1.64. The van der Waals surface area contributed by atoms with Crippen molar-refractivity contribution in [2.45, 2.75) is 18.5 Å². The lowest BCUT2D eigenvalue weighted by atomic mass is 9.94. The number of hydrogen-bond acceptors (Lipinski definition) is 3. The summed E-state index contributed by atoms with van der Waals surface area (Å²) in [5.41, 5.74) is 1.96. The van der Waals surface area contributed by atoms with E-state index in [4.69, 9.17) is 0 Å². The predicted molar refractivity (Wildman–Crippen MR) is 111 cm³/mol. The summed E-state index contributed by atoms with van der Waals surface area (Å²) in [5.74, 6) is 0.133. The molecular formula is C22H22N2O3S. The molecule has 3 aromatic carbocycles. The summed E-state index contributed by atoms with van der Waals surface area (Å²) in [5, 5.41) is 8.05. The Kier molecular flexibility index (Phi) is 5.05. The van der Waals surface area contributed by atoms with Gasteiger partial charge in [0.25, 0.3) is 0 Å². The highest BCUT2D eigenvalue weighted by Gasteiger charge is 2.29. The van der Waals surface area contributed by atoms with E-state index in [0.29, 0.717) is 6.42 Å². The quantitative estimate of drug-likeness (QED) is 0.712. The second kappa shape index (κ2) is 7.64. The molecule has 3 aromatic rings. The van der Waals surface area contributed by atoms with Gasteiger partial charge in [0.15, 0.2) is 9.84 Å². The van der Waals surface area contributed by atoms with Crippen molar-refractivity contribution in [2.24, 2.45) is 0 Å². The number of urea groups is 1. The summed E-state index contributed by atoms with van der Waals surface area (Å²) in [7, 11) is -3.05. The largest absolute Gasteiger partial charge is 0.334 e. The fourth-order valence-corrected chi connectivity index (χ4v) is 5.43. The van der Waals surface area contributed by atoms with Gasteiger partial charge in [-0.15, -0.1) is 0 Å². The smallest absolute Gasteiger partial charge is 0.315 e. The topological polar surface area (TPSA) is 75.3 Å². The minimum atomic E-state index is -3.05. The summed E-state index contributed by atoms with van der Waals surface area (Å²) < 4.78 is 23.3. The van der Waals surface area contributed by atoms with Crippen molar-refractivity contribution in [3.05, 3.63) is 83.9 Å². The molecule has 0 unspecified atom stereocenters. The molecule has 1 fully saturated rings. The highest BCUT2D eigenvalue weighted by atomic mass is 32.2. The number of amides is 2. The molecule has 6 heteroatoms. The molecule has 2 N–H and O–H groups in total. The molecular weight excluding hydrogens is 372 g/mol. The monoisotopic (exact) mass is 394 g/mol. The third-order valence-electron chi connectivity index (χ3n) is 5.11. The number of benzene rings is 3. The molecule has 0 spiro atoms. The van der Waals surface area contributed by atoms with Crippen molar-refractivity contribution in [1.82, 2.24) is 10.6 Å². The average Bonchev–Trinajstić information content (AvgIpc) is 3.04. The molecule has 2 amide bonds. The molecule has 5 nitrogen and oxygen atoms in total. The lowest BCUT2D eigenvalue weighted by Crippen LogP contribution is -2.44. The molecule has 28 heavy (non-hydrogen) atoms. The van der Waals surface area contributed by atoms with Crippen LogP contribution in [0, 0.1) is 0 Å². The zero-order valence-corrected chi connectivity index (χ0v) is 16.2. The van der Waals surface area contributed by atoms with E-state index in [1.165, 1.54) is 0 Å². The van der Waals surface area contributed by atoms with Crippen LogP contribution in [0.5, 0.6) is 0 Å². The highest BCUT2D eigenvalue weighted by molar-refractivity contribution is 7.91. The van der Waals surface area contributed by atoms with Crippen LogP contribution >= 0.6 is 0 Å². The van der Waals surface area contributed by atoms with Gasteiger partial charge in [0.05, 0.1) is 17.5 Å². The second-order valence-electron chi connectivity index (χ2n) is 7.13. The summed E-state index contributed by atoms with van der Waals surface area (Å²) in [6.07, 6.45) is 0.458. The van der Waals surface area contributed by atoms with E-state index in [2.05, 4.69) is 10.6 Å². The molecule has 0 aliphatic carbocycles. The Hall–Kier alpha value is -2.86. The van der Waals surface area contributed by atoms with E-state index in [1.54, 1.807) is 0 Å². The van der Waals surface area contributed by atoms with Crippen molar-refractivity contribution < 1.29 is 13.2 Å². The SMILES string of the molecule is O=C(N[C@@H]1CCS(=O)(=O)C1)N[C@H](c1ccccc1)c1cccc2ccccc12. The van der Waals surface area contributed by atoms with Gasteiger partial charge in [0.2, 0.25) is 0 Å². The number of fused-ring (bicyclic) bond motifs is 1. The Labute approximate surface area is 164 Å². The first kappa shape index (κ1) is 18.5. The van der Waals surface area contributed by atoms with Crippen LogP contribution in [0.15, 0.2) is 72.8 Å². The minimum absolute atomic E-state index is 0.00465. The van der Waals surface area contributed by atoms with Crippen LogP contribution in [-0.2, 0) is 9.84 Å². The summed E-state index contributed by atoms with van der Waals surface area (Å²) >= 11 is 0. The number of carbonyl (C=O) groups is 1. The first-order chi connectivity index (χ1) is 13.5. The van der Waals surface area contributed by atoms with Gasteiger partial charge < -0.3 is 10.6 Å². The van der Waals surface area contributed by atoms with Gasteiger partial charge in [-0.2, -0.15) is 0 Å². The van der Waals surface area contributed by atoms with Gasteiger partial charge in [0, 0.05) is 6.04 Å². The Morgan fingerprint density at radius 3 is 2.39 bits per heavy atom. The summed E-state index contributed by atoms with van der Waals surface area (Å²) in [6.45, 7) is 0. The van der Waals surface area contributed by atoms with Crippen LogP contribution in [-0.4, -0.2) is 32.0 Å². The molecule has 2 atom stereocenters. The van der Waals surface area contributed by atoms with Crippen molar-refractivity contribution in [3.8, 4) is 0 Å². The van der Waals surface area contributed by atoms with Crippen LogP contribution in [0.3, 0.4) is 0 Å². The molecule has 0 bridgehead atoms. The number of sulfone groups is 1. The molecule has 1 aliphatic rings. The van der Waals surface area contributed by atoms with E-state index in [1.807, 2.05) is 72.8 Å². The molecule has 0 saturated carbocycles. The Morgan fingerprint density at radius 2 is 1.64 bits per heavy atom. The van der Waals surface area contributed by atoms with Gasteiger partial charge in [0.1, 0.15) is 0 Å².